The van der Waals surface area contributed by atoms with Crippen molar-refractivity contribution in [2.75, 3.05) is 6.61 Å². The molecule has 1 aromatic heterocycles. The first-order valence-corrected chi connectivity index (χ1v) is 5.81. The normalized spacial score (nSPS) is 10.4. The number of rotatable bonds is 2. The van der Waals surface area contributed by atoms with Crippen LogP contribution in [0, 0.1) is 12.3 Å². The first-order valence-electron chi connectivity index (χ1n) is 5.43. The van der Waals surface area contributed by atoms with Gasteiger partial charge in [-0.3, -0.25) is 13.9 Å². The lowest BCUT2D eigenvalue weighted by atomic mass is 10.2. The number of aromatic nitrogens is 2. The number of aryl methyl sites for hydroxylation is 1. The molecule has 5 nitrogen and oxygen atoms in total. The molecule has 0 saturated carbocycles. The second-order valence-electron chi connectivity index (χ2n) is 3.97. The molecule has 0 radical (unpaired) electrons. The van der Waals surface area contributed by atoms with Crippen molar-refractivity contribution in [1.29, 1.82) is 0 Å². The Hall–Kier alpha value is -2.19. The second kappa shape index (κ2) is 4.82. The van der Waals surface area contributed by atoms with Crippen molar-refractivity contribution in [3.05, 3.63) is 38.0 Å². The molecule has 2 rings (SSSR count). The fraction of sp³-hybridized carbons (Fsp3) is 0.231. The van der Waals surface area contributed by atoms with Crippen molar-refractivity contribution in [1.82, 2.24) is 9.13 Å². The lowest BCUT2D eigenvalue weighted by Crippen LogP contribution is -2.37. The van der Waals surface area contributed by atoms with Crippen molar-refractivity contribution in [3.8, 4) is 18.1 Å². The largest absolute Gasteiger partial charge is 0.479 e. The molecule has 1 aromatic carbocycles. The predicted octanol–water partition coefficient (Wildman–Crippen LogP) is 0.903. The number of benzene rings is 1. The van der Waals surface area contributed by atoms with Crippen molar-refractivity contribution >= 4 is 22.5 Å². The van der Waals surface area contributed by atoms with Gasteiger partial charge in [-0.05, 0) is 12.1 Å². The number of terminal acetylenes is 1. The van der Waals surface area contributed by atoms with Gasteiger partial charge in [0.2, 0.25) is 0 Å². The highest BCUT2D eigenvalue weighted by molar-refractivity contribution is 6.36. The van der Waals surface area contributed by atoms with Gasteiger partial charge in [-0.1, -0.05) is 17.5 Å². The maximum Gasteiger partial charge on any atom is 0.330 e. The molecule has 0 aliphatic carbocycles. The van der Waals surface area contributed by atoms with Gasteiger partial charge in [-0.15, -0.1) is 6.42 Å². The van der Waals surface area contributed by atoms with Crippen LogP contribution in [0.1, 0.15) is 0 Å². The first-order chi connectivity index (χ1) is 8.99. The summed E-state index contributed by atoms with van der Waals surface area (Å²) in [4.78, 5) is 23.9. The minimum Gasteiger partial charge on any atom is -0.479 e. The minimum absolute atomic E-state index is 0.0595. The Kier molecular flexibility index (Phi) is 3.36. The first kappa shape index (κ1) is 13.2. The third kappa shape index (κ3) is 2.00. The highest BCUT2D eigenvalue weighted by atomic mass is 35.5. The Labute approximate surface area is 114 Å². The predicted molar refractivity (Wildman–Crippen MR) is 73.8 cm³/mol. The molecule has 0 aliphatic rings. The fourth-order valence-electron chi connectivity index (χ4n) is 1.87. The molecule has 1 heterocycles. The quantitative estimate of drug-likeness (QED) is 0.767. The van der Waals surface area contributed by atoms with Gasteiger partial charge in [0.15, 0.2) is 0 Å². The summed E-state index contributed by atoms with van der Waals surface area (Å²) in [6, 6.07) is 3.13. The van der Waals surface area contributed by atoms with E-state index in [1.54, 1.807) is 19.2 Å². The van der Waals surface area contributed by atoms with E-state index in [0.717, 1.165) is 4.57 Å². The van der Waals surface area contributed by atoms with Gasteiger partial charge in [-0.25, -0.2) is 4.79 Å². The molecule has 0 saturated heterocycles. The van der Waals surface area contributed by atoms with Crippen LogP contribution in [0.4, 0.5) is 0 Å². The molecule has 0 unspecified atom stereocenters. The number of hydrogen-bond acceptors (Lipinski definition) is 3. The van der Waals surface area contributed by atoms with Crippen molar-refractivity contribution < 1.29 is 4.74 Å². The maximum absolute atomic E-state index is 12.0. The van der Waals surface area contributed by atoms with Gasteiger partial charge in [0.25, 0.3) is 5.56 Å². The zero-order valence-corrected chi connectivity index (χ0v) is 11.2. The topological polar surface area (TPSA) is 53.2 Å². The third-order valence-corrected chi connectivity index (χ3v) is 3.20. The highest BCUT2D eigenvalue weighted by Gasteiger charge is 2.14. The zero-order chi connectivity index (χ0) is 14.2. The number of ether oxygens (including phenoxy) is 1. The van der Waals surface area contributed by atoms with Crippen molar-refractivity contribution in [2.45, 2.75) is 0 Å². The SMILES string of the molecule is C#CCOc1ccc2c(=O)n(C)c(=O)n(C)c2c1Cl. The maximum atomic E-state index is 12.0. The van der Waals surface area contributed by atoms with E-state index in [9.17, 15) is 9.59 Å². The molecule has 98 valence electrons. The lowest BCUT2D eigenvalue weighted by Gasteiger charge is -2.11. The van der Waals surface area contributed by atoms with E-state index >= 15 is 0 Å². The molecule has 0 amide bonds. The van der Waals surface area contributed by atoms with Gasteiger partial charge < -0.3 is 4.74 Å². The van der Waals surface area contributed by atoms with Crippen LogP contribution >= 0.6 is 11.6 Å². The third-order valence-electron chi connectivity index (χ3n) is 2.84. The molecular formula is C13H11ClN2O3. The zero-order valence-electron chi connectivity index (χ0n) is 10.4. The highest BCUT2D eigenvalue weighted by Crippen LogP contribution is 2.30. The second-order valence-corrected chi connectivity index (χ2v) is 4.35. The Balaban J connectivity index is 2.88. The Morgan fingerprint density at radius 3 is 2.63 bits per heavy atom. The molecule has 0 N–H and O–H groups in total. The summed E-state index contributed by atoms with van der Waals surface area (Å²) in [5, 5.41) is 0.549. The van der Waals surface area contributed by atoms with Crippen LogP contribution in [0.15, 0.2) is 21.7 Å². The summed E-state index contributed by atoms with van der Waals surface area (Å²) in [7, 11) is 2.96. The summed E-state index contributed by atoms with van der Waals surface area (Å²) in [5.74, 6) is 2.67. The number of halogens is 1. The van der Waals surface area contributed by atoms with E-state index in [1.165, 1.54) is 11.6 Å². The van der Waals surface area contributed by atoms with E-state index in [-0.39, 0.29) is 11.6 Å². The van der Waals surface area contributed by atoms with Crippen LogP contribution in [-0.4, -0.2) is 15.7 Å². The van der Waals surface area contributed by atoms with Gasteiger partial charge >= 0.3 is 5.69 Å². The molecule has 0 fully saturated rings. The molecular weight excluding hydrogens is 268 g/mol. The molecule has 0 spiro atoms. The number of fused-ring (bicyclic) bond motifs is 1. The minimum atomic E-state index is -0.450. The molecule has 0 atom stereocenters. The van der Waals surface area contributed by atoms with Gasteiger partial charge in [0, 0.05) is 14.1 Å². The van der Waals surface area contributed by atoms with Crippen LogP contribution in [0.25, 0.3) is 10.9 Å². The van der Waals surface area contributed by atoms with Gasteiger partial charge in [0.1, 0.15) is 17.4 Å². The van der Waals surface area contributed by atoms with Gasteiger partial charge in [0.05, 0.1) is 10.9 Å². The van der Waals surface area contributed by atoms with Crippen molar-refractivity contribution in [2.24, 2.45) is 14.1 Å². The van der Waals surface area contributed by atoms with E-state index in [2.05, 4.69) is 5.92 Å². The summed E-state index contributed by atoms with van der Waals surface area (Å²) in [6.45, 7) is 0.0595. The average molecular weight is 279 g/mol. The van der Waals surface area contributed by atoms with E-state index < -0.39 is 11.2 Å². The summed E-state index contributed by atoms with van der Waals surface area (Å²) in [6.07, 6.45) is 5.11. The lowest BCUT2D eigenvalue weighted by molar-refractivity contribution is 0.371. The molecule has 2 aromatic rings. The Morgan fingerprint density at radius 2 is 2.00 bits per heavy atom. The molecule has 6 heteroatoms. The monoisotopic (exact) mass is 278 g/mol. The summed E-state index contributed by atoms with van der Waals surface area (Å²) >= 11 is 6.18. The summed E-state index contributed by atoms with van der Waals surface area (Å²) in [5.41, 5.74) is -0.513. The van der Waals surface area contributed by atoms with Crippen LogP contribution < -0.4 is 16.0 Å². The fourth-order valence-corrected chi connectivity index (χ4v) is 2.21. The standard InChI is InChI=1S/C13H11ClN2O3/c1-4-7-19-9-6-5-8-11(10(9)14)15(2)13(18)16(3)12(8)17/h1,5-6H,7H2,2-3H3. The van der Waals surface area contributed by atoms with Crippen molar-refractivity contribution in [3.63, 3.8) is 0 Å². The van der Waals surface area contributed by atoms with Crippen LogP contribution in [0.5, 0.6) is 5.75 Å². The molecule has 19 heavy (non-hydrogen) atoms. The average Bonchev–Trinajstić information content (AvgIpc) is 2.41. The van der Waals surface area contributed by atoms with Crippen LogP contribution in [0.2, 0.25) is 5.02 Å². The smallest absolute Gasteiger partial charge is 0.330 e. The van der Waals surface area contributed by atoms with E-state index in [0.29, 0.717) is 16.7 Å². The Bertz CT molecular complexity index is 812. The van der Waals surface area contributed by atoms with E-state index in [1.807, 2.05) is 0 Å². The molecule has 0 bridgehead atoms. The summed E-state index contributed by atoms with van der Waals surface area (Å²) < 4.78 is 7.60. The Morgan fingerprint density at radius 1 is 1.32 bits per heavy atom. The van der Waals surface area contributed by atoms with E-state index in [4.69, 9.17) is 22.8 Å². The molecule has 0 aliphatic heterocycles. The van der Waals surface area contributed by atoms with Gasteiger partial charge in [-0.2, -0.15) is 0 Å². The van der Waals surface area contributed by atoms with Crippen LogP contribution in [0.3, 0.4) is 0 Å². The number of nitrogens with zero attached hydrogens (tertiary/aromatic N) is 2. The van der Waals surface area contributed by atoms with Crippen LogP contribution in [-0.2, 0) is 14.1 Å². The number of hydrogen-bond donors (Lipinski definition) is 0.